The van der Waals surface area contributed by atoms with Crippen molar-refractivity contribution in [3.63, 3.8) is 0 Å². The molecule has 0 fully saturated rings. The van der Waals surface area contributed by atoms with Crippen molar-refractivity contribution in [3.05, 3.63) is 121 Å². The lowest BCUT2D eigenvalue weighted by Crippen LogP contribution is -2.59. The van der Waals surface area contributed by atoms with Gasteiger partial charge in [0.2, 0.25) is 0 Å². The van der Waals surface area contributed by atoms with Gasteiger partial charge in [-0.15, -0.1) is 0 Å². The standard InChI is InChI=1S/C48H52N4O9/c1-5-23(3)47(58)60-37-19-33-43(57)41-36(56)18-28(21-53)59-45(41)42-39-31-13-14-51-46(49)40(31)30(12-8-24-7-10-27(55)17-32(24)34(39)22-54)29-11-9-25-16-38(50-6-2)52-20-26(25)15-35(29)48(37,4)61-44(33)42/h5,7,10,13-14,16-18,20,29-30,34-35,37,39,53-55,57H,6,8-9,11-12,15,19,21-22H2,1-4H3,(H2,49,51)(H,50,52). The molecule has 0 amide bonds. The van der Waals surface area contributed by atoms with Crippen LogP contribution in [0.15, 0.2) is 69.7 Å². The second-order valence-electron chi connectivity index (χ2n) is 17.2. The lowest BCUT2D eigenvalue weighted by Gasteiger charge is -2.51. The van der Waals surface area contributed by atoms with Crippen LogP contribution < -0.4 is 21.2 Å². The highest BCUT2D eigenvalue weighted by Gasteiger charge is 2.57. The van der Waals surface area contributed by atoms with Crippen LogP contribution in [0.1, 0.15) is 109 Å². The van der Waals surface area contributed by atoms with Crippen LogP contribution in [0.25, 0.3) is 11.0 Å². The van der Waals surface area contributed by atoms with E-state index in [0.29, 0.717) is 54.7 Å². The van der Waals surface area contributed by atoms with Gasteiger partial charge in [-0.1, -0.05) is 12.1 Å². The number of nitrogens with zero attached hydrogens (tertiary/aromatic N) is 2. The predicted octanol–water partition coefficient (Wildman–Crippen LogP) is 6.44. The molecule has 0 saturated heterocycles. The molecule has 4 aliphatic rings. The smallest absolute Gasteiger partial charge is 0.333 e. The summed E-state index contributed by atoms with van der Waals surface area (Å²) < 4.78 is 20.5. The van der Waals surface area contributed by atoms with Crippen molar-refractivity contribution in [2.24, 2.45) is 11.8 Å². The molecule has 5 heterocycles. The minimum Gasteiger partial charge on any atom is -0.508 e. The van der Waals surface area contributed by atoms with Crippen molar-refractivity contribution >= 4 is 28.6 Å². The Morgan fingerprint density at radius 1 is 1.03 bits per heavy atom. The van der Waals surface area contributed by atoms with Crippen LogP contribution in [0.2, 0.25) is 0 Å². The summed E-state index contributed by atoms with van der Waals surface area (Å²) in [6.07, 6.45) is 7.38. The number of fused-ring (bicyclic) bond motifs is 9. The number of aliphatic hydroxyl groups is 2. The van der Waals surface area contributed by atoms with Crippen molar-refractivity contribution in [2.45, 2.75) is 102 Å². The number of pyridine rings is 2. The van der Waals surface area contributed by atoms with Crippen LogP contribution in [-0.4, -0.2) is 61.2 Å². The van der Waals surface area contributed by atoms with Gasteiger partial charge in [0.1, 0.15) is 63.9 Å². The van der Waals surface area contributed by atoms with Crippen LogP contribution in [0.4, 0.5) is 11.6 Å². The number of carbonyl (C=O) groups excluding carboxylic acids is 1. The molecule has 13 nitrogen and oxygen atoms in total. The summed E-state index contributed by atoms with van der Waals surface area (Å²) in [5.41, 5.74) is 11.6. The van der Waals surface area contributed by atoms with Gasteiger partial charge in [-0.25, -0.2) is 14.8 Å². The minimum absolute atomic E-state index is 0.0118. The molecule has 9 rings (SSSR count). The Kier molecular flexibility index (Phi) is 10.3. The molecular weight excluding hydrogens is 777 g/mol. The Labute approximate surface area is 353 Å². The monoisotopic (exact) mass is 828 g/mol. The maximum absolute atomic E-state index is 14.2. The number of phenolic OH excluding ortho intramolecular Hbond substituents is 2. The number of esters is 1. The third-order valence-corrected chi connectivity index (χ3v) is 14.1. The fourth-order valence-electron chi connectivity index (χ4n) is 11.0. The Morgan fingerprint density at radius 2 is 1.84 bits per heavy atom. The topological polar surface area (TPSA) is 210 Å². The number of phenols is 2. The molecule has 7 atom stereocenters. The third-order valence-electron chi connectivity index (χ3n) is 14.1. The molecule has 2 aliphatic heterocycles. The Balaban J connectivity index is 1.45. The molecule has 5 aromatic rings. The van der Waals surface area contributed by atoms with Gasteiger partial charge in [0.15, 0.2) is 5.43 Å². The lowest BCUT2D eigenvalue weighted by molar-refractivity contribution is -0.168. The van der Waals surface area contributed by atoms with E-state index in [4.69, 9.17) is 29.6 Å². The first-order valence-electron chi connectivity index (χ1n) is 21.3. The molecule has 2 aliphatic carbocycles. The number of rotatable bonds is 6. The number of carbonyl (C=O) groups is 1. The first kappa shape index (κ1) is 40.5. The van der Waals surface area contributed by atoms with Gasteiger partial charge in [0.05, 0.1) is 6.61 Å². The zero-order valence-corrected chi connectivity index (χ0v) is 34.8. The summed E-state index contributed by atoms with van der Waals surface area (Å²) in [7, 11) is 0. The van der Waals surface area contributed by atoms with Crippen LogP contribution in [0.3, 0.4) is 0 Å². The zero-order valence-electron chi connectivity index (χ0n) is 34.8. The molecule has 3 aromatic heterocycles. The molecule has 318 valence electrons. The third kappa shape index (κ3) is 6.51. The highest BCUT2D eigenvalue weighted by Crippen LogP contribution is 2.60. The number of aryl methyl sites for hydroxylation is 2. The molecule has 0 radical (unpaired) electrons. The first-order chi connectivity index (χ1) is 29.4. The van der Waals surface area contributed by atoms with Crippen LogP contribution in [-0.2, 0) is 41.8 Å². The quantitative estimate of drug-likeness (QED) is 0.0805. The van der Waals surface area contributed by atoms with Gasteiger partial charge in [-0.3, -0.25) is 4.79 Å². The van der Waals surface area contributed by atoms with Crippen LogP contribution in [0.5, 0.6) is 17.2 Å². The van der Waals surface area contributed by atoms with E-state index in [9.17, 15) is 30.0 Å². The fraction of sp³-hybridized carbons (Fsp3) is 0.417. The number of nitrogens with one attached hydrogen (secondary N) is 1. The van der Waals surface area contributed by atoms with E-state index in [0.717, 1.165) is 46.1 Å². The van der Waals surface area contributed by atoms with E-state index < -0.39 is 48.2 Å². The normalized spacial score (nSPS) is 25.3. The fourth-order valence-corrected chi connectivity index (χ4v) is 11.0. The average Bonchev–Trinajstić information content (AvgIpc) is 3.41. The predicted molar refractivity (Wildman–Crippen MR) is 229 cm³/mol. The number of aromatic hydroxyl groups is 2. The second-order valence-corrected chi connectivity index (χ2v) is 17.2. The summed E-state index contributed by atoms with van der Waals surface area (Å²) in [5, 5.41) is 48.7. The molecule has 0 spiro atoms. The number of hydrogen-bond donors (Lipinski definition) is 6. The highest BCUT2D eigenvalue weighted by atomic mass is 16.6. The van der Waals surface area contributed by atoms with E-state index in [-0.39, 0.29) is 63.7 Å². The van der Waals surface area contributed by atoms with E-state index in [1.807, 2.05) is 32.2 Å². The van der Waals surface area contributed by atoms with E-state index in [1.54, 1.807) is 38.3 Å². The van der Waals surface area contributed by atoms with Gasteiger partial charge in [-0.05, 0) is 124 Å². The Hall–Kier alpha value is -5.92. The van der Waals surface area contributed by atoms with Crippen molar-refractivity contribution in [1.82, 2.24) is 9.97 Å². The number of benzene rings is 2. The highest BCUT2D eigenvalue weighted by molar-refractivity contribution is 5.92. The minimum atomic E-state index is -1.28. The maximum Gasteiger partial charge on any atom is 0.333 e. The van der Waals surface area contributed by atoms with Gasteiger partial charge < -0.3 is 45.4 Å². The Bertz CT molecular complexity index is 2670. The summed E-state index contributed by atoms with van der Waals surface area (Å²) in [5.74, 6) is -1.99. The lowest BCUT2D eigenvalue weighted by atomic mass is 9.62. The average molecular weight is 829 g/mol. The molecule has 2 aromatic carbocycles. The summed E-state index contributed by atoms with van der Waals surface area (Å²) in [6, 6.07) is 10.4. The number of nitrogens with two attached hydrogens (primary N) is 1. The van der Waals surface area contributed by atoms with Gasteiger partial charge in [0, 0.05) is 71.4 Å². The second kappa shape index (κ2) is 15.5. The number of anilines is 2. The number of aromatic nitrogens is 2. The largest absolute Gasteiger partial charge is 0.508 e. The molecular formula is C48H52N4O9. The number of aliphatic hydroxyl groups excluding tert-OH is 2. The number of ether oxygens (including phenoxy) is 2. The molecule has 7 N–H and O–H groups in total. The number of allylic oxidation sites excluding steroid dienone is 1. The molecule has 61 heavy (non-hydrogen) atoms. The number of nitrogen functional groups attached to an aromatic ring is 1. The van der Waals surface area contributed by atoms with Crippen molar-refractivity contribution in [2.75, 3.05) is 24.2 Å². The summed E-state index contributed by atoms with van der Waals surface area (Å²) in [4.78, 5) is 37.6. The molecule has 4 bridgehead atoms. The zero-order chi connectivity index (χ0) is 42.9. The van der Waals surface area contributed by atoms with Gasteiger partial charge in [0.25, 0.3) is 0 Å². The van der Waals surface area contributed by atoms with Gasteiger partial charge >= 0.3 is 5.97 Å². The first-order valence-corrected chi connectivity index (χ1v) is 21.3. The molecule has 13 heteroatoms. The van der Waals surface area contributed by atoms with E-state index in [1.165, 1.54) is 0 Å². The van der Waals surface area contributed by atoms with E-state index >= 15 is 0 Å². The molecule has 7 unspecified atom stereocenters. The molecule has 0 saturated carbocycles. The van der Waals surface area contributed by atoms with Gasteiger partial charge in [-0.2, -0.15) is 0 Å². The summed E-state index contributed by atoms with van der Waals surface area (Å²) in [6.45, 7) is 7.17. The van der Waals surface area contributed by atoms with E-state index in [2.05, 4.69) is 11.4 Å². The Morgan fingerprint density at radius 3 is 2.59 bits per heavy atom. The van der Waals surface area contributed by atoms with Crippen molar-refractivity contribution < 1.29 is 39.1 Å². The summed E-state index contributed by atoms with van der Waals surface area (Å²) >= 11 is 0. The van der Waals surface area contributed by atoms with Crippen LogP contribution in [0, 0.1) is 11.8 Å². The van der Waals surface area contributed by atoms with Crippen molar-refractivity contribution in [1.29, 1.82) is 0 Å². The van der Waals surface area contributed by atoms with Crippen LogP contribution >= 0.6 is 0 Å². The maximum atomic E-state index is 14.2. The number of hydrogen-bond acceptors (Lipinski definition) is 13. The SMILES string of the molecule is CC=C(C)C(=O)OC1Cc2c3c(c4oc(CO)cc(=O)c4c2O)C2c4ccnc(N)c4C(CCc4ccc(O)cc4C2CO)C2CCc4cc(NCC)ncc4CC2C1(C)O3. The van der Waals surface area contributed by atoms with Crippen molar-refractivity contribution in [3.8, 4) is 17.2 Å².